The number of hydrogen-bond donors (Lipinski definition) is 0. The minimum atomic E-state index is -0.450. The van der Waals surface area contributed by atoms with Crippen LogP contribution in [0.1, 0.15) is 49.9 Å². The van der Waals surface area contributed by atoms with Crippen molar-refractivity contribution < 1.29 is 0 Å². The first-order chi connectivity index (χ1) is 36.2. The summed E-state index contributed by atoms with van der Waals surface area (Å²) in [7, 11) is 0. The van der Waals surface area contributed by atoms with Gasteiger partial charge < -0.3 is 0 Å². The molecule has 14 aromatic rings. The molecule has 0 spiro atoms. The van der Waals surface area contributed by atoms with Gasteiger partial charge in [-0.2, -0.15) is 0 Å². The summed E-state index contributed by atoms with van der Waals surface area (Å²) in [4.78, 5) is 39.7. The zero-order valence-corrected chi connectivity index (χ0v) is 41.1. The highest BCUT2D eigenvalue weighted by atomic mass is 14.8. The predicted molar refractivity (Wildman–Crippen MR) is 301 cm³/mol. The molecule has 348 valence electrons. The van der Waals surface area contributed by atoms with Gasteiger partial charge in [-0.3, -0.25) is 39.9 Å². The Morgan fingerprint density at radius 3 is 0.703 bits per heavy atom. The molecule has 1 aliphatic carbocycles. The van der Waals surface area contributed by atoms with Gasteiger partial charge in [0, 0.05) is 126 Å². The van der Waals surface area contributed by atoms with Gasteiger partial charge in [0.15, 0.2) is 0 Å². The lowest BCUT2D eigenvalue weighted by Gasteiger charge is -2.45. The van der Waals surface area contributed by atoms with Gasteiger partial charge >= 0.3 is 0 Å². The molecule has 0 fully saturated rings. The van der Waals surface area contributed by atoms with E-state index in [4.69, 9.17) is 39.9 Å². The Labute approximate surface area is 425 Å². The Balaban J connectivity index is 0.974. The quantitative estimate of drug-likeness (QED) is 0.161. The molecule has 8 nitrogen and oxygen atoms in total. The summed E-state index contributed by atoms with van der Waals surface area (Å²) in [5.41, 5.74) is 19.7. The molecule has 0 saturated carbocycles. The second kappa shape index (κ2) is 15.6. The molecule has 0 bridgehead atoms. The summed E-state index contributed by atoms with van der Waals surface area (Å²) in [6, 6.07) is 52.3. The topological polar surface area (TPSA) is 103 Å². The fraction of sp³-hybridized carbons (Fsp3) is 0.0909. The summed E-state index contributed by atoms with van der Waals surface area (Å²) < 4.78 is 0. The van der Waals surface area contributed by atoms with E-state index >= 15 is 0 Å². The fourth-order valence-corrected chi connectivity index (χ4v) is 12.0. The lowest BCUT2D eigenvalue weighted by Crippen LogP contribution is -2.37. The summed E-state index contributed by atoms with van der Waals surface area (Å²) in [5, 5.41) is 8.41. The van der Waals surface area contributed by atoms with Crippen LogP contribution in [0.25, 0.3) is 132 Å². The molecular formula is C66H44N8. The van der Waals surface area contributed by atoms with Crippen molar-refractivity contribution in [3.63, 3.8) is 0 Å². The molecule has 0 unspecified atom stereocenters. The van der Waals surface area contributed by atoms with Crippen molar-refractivity contribution in [3.05, 3.63) is 217 Å². The Bertz CT molecular complexity index is 4150. The van der Waals surface area contributed by atoms with E-state index < -0.39 is 10.8 Å². The zero-order chi connectivity index (χ0) is 49.5. The van der Waals surface area contributed by atoms with Gasteiger partial charge in [0.1, 0.15) is 0 Å². The SMILES string of the molecule is CC1(C)c2cc(-c3cnc4c(ccc5cccnc54)c3)c(-c3cnc4c(ccc5cccnc54)c3)cc2C(C)(C)c2cc(-c3cnc4c(ccc5cccnc54)c3)c(-c3cnc4c(ccc5cccnc54)c3)cc21. The number of pyridine rings is 8. The van der Waals surface area contributed by atoms with Gasteiger partial charge in [-0.1, -0.05) is 100 Å². The molecule has 74 heavy (non-hydrogen) atoms. The van der Waals surface area contributed by atoms with Crippen LogP contribution in [0.4, 0.5) is 0 Å². The lowest BCUT2D eigenvalue weighted by molar-refractivity contribution is 0.521. The largest absolute Gasteiger partial charge is 0.254 e. The second-order valence-electron chi connectivity index (χ2n) is 20.9. The van der Waals surface area contributed by atoms with Crippen LogP contribution < -0.4 is 0 Å². The van der Waals surface area contributed by atoms with E-state index in [2.05, 4.69) is 149 Å². The molecule has 0 radical (unpaired) electrons. The molecule has 8 heterocycles. The molecule has 8 heteroatoms. The molecule has 0 amide bonds. The molecule has 15 rings (SSSR count). The number of benzene rings is 6. The number of rotatable bonds is 4. The van der Waals surface area contributed by atoms with Crippen LogP contribution in [0.2, 0.25) is 0 Å². The van der Waals surface area contributed by atoms with E-state index in [0.29, 0.717) is 0 Å². The van der Waals surface area contributed by atoms with Crippen LogP contribution in [-0.2, 0) is 10.8 Å². The maximum atomic E-state index is 5.17. The summed E-state index contributed by atoms with van der Waals surface area (Å²) in [6.45, 7) is 9.52. The zero-order valence-electron chi connectivity index (χ0n) is 41.1. The minimum absolute atomic E-state index is 0.450. The monoisotopic (exact) mass is 948 g/mol. The van der Waals surface area contributed by atoms with Crippen molar-refractivity contribution in [3.8, 4) is 44.5 Å². The highest BCUT2D eigenvalue weighted by Crippen LogP contribution is 2.55. The van der Waals surface area contributed by atoms with Crippen LogP contribution in [0.3, 0.4) is 0 Å². The molecular weight excluding hydrogens is 905 g/mol. The summed E-state index contributed by atoms with van der Waals surface area (Å²) in [6.07, 6.45) is 15.5. The van der Waals surface area contributed by atoms with Crippen LogP contribution in [0.15, 0.2) is 195 Å². The number of hydrogen-bond acceptors (Lipinski definition) is 8. The average molecular weight is 949 g/mol. The first-order valence-electron chi connectivity index (χ1n) is 25.1. The van der Waals surface area contributed by atoms with Gasteiger partial charge in [-0.15, -0.1) is 0 Å². The van der Waals surface area contributed by atoms with Gasteiger partial charge in [0.2, 0.25) is 0 Å². The fourth-order valence-electron chi connectivity index (χ4n) is 12.0. The molecule has 8 aromatic heterocycles. The van der Waals surface area contributed by atoms with E-state index in [1.807, 2.05) is 73.8 Å². The molecule has 6 aromatic carbocycles. The third-order valence-electron chi connectivity index (χ3n) is 15.9. The van der Waals surface area contributed by atoms with Gasteiger partial charge in [-0.25, -0.2) is 0 Å². The van der Waals surface area contributed by atoms with Crippen molar-refractivity contribution in [2.24, 2.45) is 0 Å². The molecule has 0 N–H and O–H groups in total. The average Bonchev–Trinajstić information content (AvgIpc) is 3.45. The number of fused-ring (bicyclic) bond motifs is 14. The van der Waals surface area contributed by atoms with Crippen LogP contribution in [-0.4, -0.2) is 39.9 Å². The van der Waals surface area contributed by atoms with Crippen molar-refractivity contribution in [1.29, 1.82) is 0 Å². The summed E-state index contributed by atoms with van der Waals surface area (Å²) in [5.74, 6) is 0. The van der Waals surface area contributed by atoms with Crippen molar-refractivity contribution in [2.75, 3.05) is 0 Å². The van der Waals surface area contributed by atoms with Crippen molar-refractivity contribution in [2.45, 2.75) is 38.5 Å². The van der Waals surface area contributed by atoms with Gasteiger partial charge in [0.25, 0.3) is 0 Å². The normalized spacial score (nSPS) is 13.9. The maximum absolute atomic E-state index is 5.17. The Kier molecular flexibility index (Phi) is 8.89. The lowest BCUT2D eigenvalue weighted by atomic mass is 9.58. The van der Waals surface area contributed by atoms with E-state index in [-0.39, 0.29) is 0 Å². The summed E-state index contributed by atoms with van der Waals surface area (Å²) >= 11 is 0. The number of aromatic nitrogens is 8. The van der Waals surface area contributed by atoms with Gasteiger partial charge in [-0.05, 0) is 117 Å². The van der Waals surface area contributed by atoms with E-state index in [1.54, 1.807) is 0 Å². The highest BCUT2D eigenvalue weighted by molar-refractivity contribution is 6.08. The third kappa shape index (κ3) is 6.27. The number of nitrogens with zero attached hydrogens (tertiary/aromatic N) is 8. The minimum Gasteiger partial charge on any atom is -0.254 e. The first-order valence-corrected chi connectivity index (χ1v) is 25.1. The first kappa shape index (κ1) is 42.3. The van der Waals surface area contributed by atoms with Gasteiger partial charge in [0.05, 0.1) is 44.1 Å². The van der Waals surface area contributed by atoms with E-state index in [0.717, 1.165) is 132 Å². The van der Waals surface area contributed by atoms with E-state index in [1.165, 1.54) is 22.3 Å². The predicted octanol–water partition coefficient (Wildman–Crippen LogP) is 15.7. The highest BCUT2D eigenvalue weighted by Gasteiger charge is 2.43. The molecule has 0 aliphatic heterocycles. The smallest absolute Gasteiger partial charge is 0.0964 e. The van der Waals surface area contributed by atoms with Crippen molar-refractivity contribution in [1.82, 2.24) is 39.9 Å². The maximum Gasteiger partial charge on any atom is 0.0964 e. The third-order valence-corrected chi connectivity index (χ3v) is 15.9. The Hall–Kier alpha value is -9.40. The van der Waals surface area contributed by atoms with Crippen LogP contribution in [0, 0.1) is 0 Å². The standard InChI is InChI=1S/C66H44N8/c1-65(2)53-29-49(45-25-41-17-13-37-9-5-21-67-57(37)61(41)71-33-45)51(47-27-43-19-15-39-11-7-23-69-59(39)63(43)73-35-47)31-55(53)66(3,4)56-32-52(48-28-44-20-16-40-12-8-24-70-60(40)64(44)74-36-48)50(30-54(56)65)46-26-42-18-14-38-10-6-22-68-58(38)62(42)72-34-46/h5-36H,1-4H3. The molecule has 0 atom stereocenters. The molecule has 0 saturated heterocycles. The molecule has 1 aliphatic rings. The van der Waals surface area contributed by atoms with Crippen LogP contribution >= 0.6 is 0 Å². The Morgan fingerprint density at radius 1 is 0.243 bits per heavy atom. The van der Waals surface area contributed by atoms with Crippen molar-refractivity contribution >= 4 is 87.2 Å². The Morgan fingerprint density at radius 2 is 0.459 bits per heavy atom. The second-order valence-corrected chi connectivity index (χ2v) is 20.9. The van der Waals surface area contributed by atoms with Crippen LogP contribution in [0.5, 0.6) is 0 Å². The van der Waals surface area contributed by atoms with E-state index in [9.17, 15) is 0 Å².